The molecule has 3 aromatic rings. The van der Waals surface area contributed by atoms with E-state index in [1.54, 1.807) is 11.3 Å². The molecule has 4 heteroatoms. The minimum Gasteiger partial charge on any atom is -0.235 e. The Hall–Kier alpha value is -1.68. The van der Waals surface area contributed by atoms with Gasteiger partial charge in [-0.2, -0.15) is 16.4 Å². The number of thiophene rings is 1. The van der Waals surface area contributed by atoms with E-state index in [9.17, 15) is 0 Å². The third-order valence-electron chi connectivity index (χ3n) is 2.76. The number of fused-ring (bicyclic) bond motifs is 1. The molecule has 0 saturated heterocycles. The third-order valence-corrected chi connectivity index (χ3v) is 3.44. The molecule has 85 valence electrons. The number of hydrogen-bond acceptors (Lipinski definition) is 3. The lowest BCUT2D eigenvalue weighted by molar-refractivity contribution is 0.875. The molecule has 0 amide bonds. The first-order valence-corrected chi connectivity index (χ1v) is 6.60. The molecular weight excluding hydrogens is 230 g/mol. The van der Waals surface area contributed by atoms with Gasteiger partial charge in [0.05, 0.1) is 11.9 Å². The molecule has 0 N–H and O–H groups in total. The zero-order valence-electron chi connectivity index (χ0n) is 9.55. The van der Waals surface area contributed by atoms with Gasteiger partial charge in [0.1, 0.15) is 6.20 Å². The molecule has 0 unspecified atom stereocenters. The lowest BCUT2D eigenvalue weighted by Gasteiger charge is -2.01. The summed E-state index contributed by atoms with van der Waals surface area (Å²) < 4.78 is 1.88. The standard InChI is InChI=1S/C13H12N3S/c1-2-3-10-4-6-15-16-12(8-14-13(10)16)11-5-7-17-9-11/h4-5,7-9H,2-3H2,1H3. The molecule has 3 rings (SSSR count). The molecule has 0 aromatic carbocycles. The van der Waals surface area contributed by atoms with Gasteiger partial charge in [-0.05, 0) is 29.5 Å². The second-order valence-electron chi connectivity index (χ2n) is 3.94. The van der Waals surface area contributed by atoms with E-state index >= 15 is 0 Å². The average molecular weight is 242 g/mol. The number of nitrogens with zero attached hydrogens (tertiary/aromatic N) is 3. The summed E-state index contributed by atoms with van der Waals surface area (Å²) in [6, 6.07) is 4.02. The molecule has 0 aliphatic heterocycles. The van der Waals surface area contributed by atoms with Crippen LogP contribution in [0.4, 0.5) is 0 Å². The second-order valence-corrected chi connectivity index (χ2v) is 4.72. The van der Waals surface area contributed by atoms with Crippen molar-refractivity contribution in [2.45, 2.75) is 19.8 Å². The molecule has 0 fully saturated rings. The minimum absolute atomic E-state index is 0.951. The molecule has 0 saturated carbocycles. The number of imidazole rings is 1. The third kappa shape index (κ3) is 1.74. The van der Waals surface area contributed by atoms with Gasteiger partial charge in [-0.1, -0.05) is 13.3 Å². The summed E-state index contributed by atoms with van der Waals surface area (Å²) in [6.45, 7) is 2.17. The highest BCUT2D eigenvalue weighted by Crippen LogP contribution is 2.23. The van der Waals surface area contributed by atoms with Gasteiger partial charge in [0, 0.05) is 10.9 Å². The summed E-state index contributed by atoms with van der Waals surface area (Å²) in [5, 5.41) is 8.45. The van der Waals surface area contributed by atoms with E-state index in [1.807, 2.05) is 16.8 Å². The van der Waals surface area contributed by atoms with Crippen LogP contribution < -0.4 is 0 Å². The fraction of sp³-hybridized carbons (Fsp3) is 0.231. The van der Waals surface area contributed by atoms with Crippen LogP contribution in [0.2, 0.25) is 0 Å². The van der Waals surface area contributed by atoms with Crippen molar-refractivity contribution >= 4 is 17.0 Å². The Kier molecular flexibility index (Phi) is 2.65. The topological polar surface area (TPSA) is 30.2 Å². The summed E-state index contributed by atoms with van der Waals surface area (Å²) in [6.07, 6.45) is 6.96. The first-order chi connectivity index (χ1) is 8.40. The van der Waals surface area contributed by atoms with E-state index in [2.05, 4.69) is 40.0 Å². The van der Waals surface area contributed by atoms with E-state index < -0.39 is 0 Å². The van der Waals surface area contributed by atoms with E-state index in [-0.39, 0.29) is 0 Å². The van der Waals surface area contributed by atoms with Gasteiger partial charge in [-0.3, -0.25) is 0 Å². The second kappa shape index (κ2) is 4.30. The van der Waals surface area contributed by atoms with Crippen LogP contribution in [0.1, 0.15) is 18.9 Å². The molecule has 0 aliphatic carbocycles. The van der Waals surface area contributed by atoms with Crippen LogP contribution in [0, 0.1) is 6.20 Å². The van der Waals surface area contributed by atoms with Crippen LogP contribution in [-0.4, -0.2) is 14.6 Å². The van der Waals surface area contributed by atoms with Gasteiger partial charge in [-0.25, -0.2) is 9.50 Å². The number of aromatic nitrogens is 3. The average Bonchev–Trinajstić information content (AvgIpc) is 2.97. The summed E-state index contributed by atoms with van der Waals surface area (Å²) in [7, 11) is 0. The molecule has 3 heterocycles. The van der Waals surface area contributed by atoms with Gasteiger partial charge < -0.3 is 0 Å². The maximum Gasteiger partial charge on any atom is 0.157 e. The van der Waals surface area contributed by atoms with Crippen LogP contribution in [0.5, 0.6) is 0 Å². The molecule has 0 bridgehead atoms. The summed E-state index contributed by atoms with van der Waals surface area (Å²) in [4.78, 5) is 4.48. The smallest absolute Gasteiger partial charge is 0.157 e. The highest BCUT2D eigenvalue weighted by Gasteiger charge is 2.09. The maximum absolute atomic E-state index is 4.48. The van der Waals surface area contributed by atoms with Gasteiger partial charge in [0.25, 0.3) is 0 Å². The number of rotatable bonds is 3. The van der Waals surface area contributed by atoms with Crippen molar-refractivity contribution in [3.05, 3.63) is 40.8 Å². The molecular formula is C13H12N3S. The summed E-state index contributed by atoms with van der Waals surface area (Å²) in [5.74, 6) is 0. The van der Waals surface area contributed by atoms with Crippen LogP contribution in [0.25, 0.3) is 16.9 Å². The molecule has 1 radical (unpaired) electrons. The maximum atomic E-state index is 4.48. The number of aryl methyl sites for hydroxylation is 1. The zero-order valence-corrected chi connectivity index (χ0v) is 10.4. The predicted octanol–water partition coefficient (Wildman–Crippen LogP) is 3.21. The van der Waals surface area contributed by atoms with E-state index in [4.69, 9.17) is 0 Å². The Labute approximate surface area is 104 Å². The first-order valence-electron chi connectivity index (χ1n) is 5.66. The van der Waals surface area contributed by atoms with Crippen LogP contribution in [0.3, 0.4) is 0 Å². The fourth-order valence-electron chi connectivity index (χ4n) is 1.96. The van der Waals surface area contributed by atoms with Gasteiger partial charge in [-0.15, -0.1) is 0 Å². The van der Waals surface area contributed by atoms with E-state index in [0.29, 0.717) is 0 Å². The highest BCUT2D eigenvalue weighted by atomic mass is 32.1. The van der Waals surface area contributed by atoms with Crippen LogP contribution in [0.15, 0.2) is 29.1 Å². The quantitative estimate of drug-likeness (QED) is 0.706. The summed E-state index contributed by atoms with van der Waals surface area (Å²) in [5.41, 5.74) is 4.36. The minimum atomic E-state index is 0.951. The molecule has 0 atom stereocenters. The van der Waals surface area contributed by atoms with Crippen LogP contribution in [-0.2, 0) is 6.42 Å². The lowest BCUT2D eigenvalue weighted by atomic mass is 10.2. The lowest BCUT2D eigenvalue weighted by Crippen LogP contribution is -1.97. The van der Waals surface area contributed by atoms with Gasteiger partial charge >= 0.3 is 0 Å². The van der Waals surface area contributed by atoms with Crippen LogP contribution >= 0.6 is 11.3 Å². The highest BCUT2D eigenvalue weighted by molar-refractivity contribution is 7.08. The Balaban J connectivity index is 2.20. The zero-order chi connectivity index (χ0) is 11.7. The van der Waals surface area contributed by atoms with Gasteiger partial charge in [0.2, 0.25) is 0 Å². The monoisotopic (exact) mass is 242 g/mol. The van der Waals surface area contributed by atoms with E-state index in [1.165, 1.54) is 5.56 Å². The molecule has 0 spiro atoms. The van der Waals surface area contributed by atoms with Crippen molar-refractivity contribution in [1.82, 2.24) is 14.6 Å². The largest absolute Gasteiger partial charge is 0.235 e. The molecule has 0 aliphatic rings. The summed E-state index contributed by atoms with van der Waals surface area (Å²) >= 11 is 1.68. The van der Waals surface area contributed by atoms with Gasteiger partial charge in [0.15, 0.2) is 5.65 Å². The van der Waals surface area contributed by atoms with Crippen molar-refractivity contribution in [1.29, 1.82) is 0 Å². The number of hydrogen-bond donors (Lipinski definition) is 0. The predicted molar refractivity (Wildman–Crippen MR) is 69.1 cm³/mol. The SMILES string of the molecule is CCCc1c[c]nn2c(-c3ccsc3)cnc12. The Morgan fingerprint density at radius 2 is 2.41 bits per heavy atom. The van der Waals surface area contributed by atoms with Crippen molar-refractivity contribution in [2.24, 2.45) is 0 Å². The van der Waals surface area contributed by atoms with Crippen molar-refractivity contribution in [3.8, 4) is 11.3 Å². The van der Waals surface area contributed by atoms with E-state index in [0.717, 1.165) is 29.7 Å². The van der Waals surface area contributed by atoms with Crippen molar-refractivity contribution < 1.29 is 0 Å². The first kappa shape index (κ1) is 10.5. The van der Waals surface area contributed by atoms with Crippen molar-refractivity contribution in [2.75, 3.05) is 0 Å². The molecule has 3 aromatic heterocycles. The molecule has 3 nitrogen and oxygen atoms in total. The Morgan fingerprint density at radius 3 is 3.18 bits per heavy atom. The normalized spacial score (nSPS) is 11.1. The Morgan fingerprint density at radius 1 is 1.47 bits per heavy atom. The molecule has 17 heavy (non-hydrogen) atoms. The van der Waals surface area contributed by atoms with Crippen molar-refractivity contribution in [3.63, 3.8) is 0 Å². The Bertz CT molecular complexity index is 625. The fourth-order valence-corrected chi connectivity index (χ4v) is 2.60.